The Balaban J connectivity index is 1.15. The van der Waals surface area contributed by atoms with Crippen molar-refractivity contribution in [1.82, 2.24) is 4.57 Å². The van der Waals surface area contributed by atoms with Crippen LogP contribution in [0.4, 0.5) is 17.1 Å². The van der Waals surface area contributed by atoms with Gasteiger partial charge in [-0.1, -0.05) is 146 Å². The number of anilines is 3. The van der Waals surface area contributed by atoms with Gasteiger partial charge in [0, 0.05) is 49.7 Å². The van der Waals surface area contributed by atoms with Gasteiger partial charge in [0.15, 0.2) is 0 Å². The van der Waals surface area contributed by atoms with Gasteiger partial charge in [0.25, 0.3) is 0 Å². The molecule has 2 aromatic heterocycles. The van der Waals surface area contributed by atoms with E-state index in [2.05, 4.69) is 210 Å². The highest BCUT2D eigenvalue weighted by molar-refractivity contribution is 6.11. The molecule has 0 spiro atoms. The van der Waals surface area contributed by atoms with Crippen molar-refractivity contribution in [3.63, 3.8) is 0 Å². The Labute approximate surface area is 318 Å². The van der Waals surface area contributed by atoms with Crippen LogP contribution in [0.5, 0.6) is 0 Å². The quantitative estimate of drug-likeness (QED) is 0.172. The monoisotopic (exact) mass is 702 g/mol. The van der Waals surface area contributed by atoms with Crippen molar-refractivity contribution in [2.45, 2.75) is 0 Å². The van der Waals surface area contributed by atoms with Crippen molar-refractivity contribution < 1.29 is 4.42 Å². The lowest BCUT2D eigenvalue weighted by Gasteiger charge is -2.29. The summed E-state index contributed by atoms with van der Waals surface area (Å²) in [5.41, 5.74) is 12.9. The number of aromatic nitrogens is 1. The molecule has 3 nitrogen and oxygen atoms in total. The molecule has 0 saturated heterocycles. The van der Waals surface area contributed by atoms with Crippen molar-refractivity contribution in [1.29, 1.82) is 0 Å². The minimum atomic E-state index is 0.889. The Morgan fingerprint density at radius 2 is 0.982 bits per heavy atom. The first-order valence-electron chi connectivity index (χ1n) is 18.8. The first-order valence-corrected chi connectivity index (χ1v) is 18.8. The zero-order chi connectivity index (χ0) is 36.3. The molecule has 55 heavy (non-hydrogen) atoms. The molecule has 2 heterocycles. The van der Waals surface area contributed by atoms with Gasteiger partial charge in [-0.05, 0) is 82.6 Å². The number of hydrogen-bond acceptors (Lipinski definition) is 2. The van der Waals surface area contributed by atoms with E-state index >= 15 is 0 Å². The highest BCUT2D eigenvalue weighted by atomic mass is 16.3. The van der Waals surface area contributed by atoms with E-state index in [-0.39, 0.29) is 0 Å². The summed E-state index contributed by atoms with van der Waals surface area (Å²) in [6, 6.07) is 74.0. The molecule has 0 amide bonds. The summed E-state index contributed by atoms with van der Waals surface area (Å²) in [5, 5.41) is 7.18. The molecule has 3 heteroatoms. The molecule has 0 aliphatic rings. The summed E-state index contributed by atoms with van der Waals surface area (Å²) in [6.45, 7) is 0. The van der Waals surface area contributed by atoms with E-state index < -0.39 is 0 Å². The molecule has 11 rings (SSSR count). The van der Waals surface area contributed by atoms with Gasteiger partial charge in [-0.2, -0.15) is 0 Å². The Hall–Kier alpha value is -7.36. The lowest BCUT2D eigenvalue weighted by atomic mass is 9.98. The molecule has 0 fully saturated rings. The van der Waals surface area contributed by atoms with E-state index in [1.54, 1.807) is 0 Å². The van der Waals surface area contributed by atoms with Crippen LogP contribution in [-0.4, -0.2) is 4.57 Å². The number of para-hydroxylation sites is 5. The van der Waals surface area contributed by atoms with E-state index in [0.717, 1.165) is 61.4 Å². The van der Waals surface area contributed by atoms with Crippen molar-refractivity contribution >= 4 is 71.6 Å². The molecule has 9 aromatic carbocycles. The fraction of sp³-hybridized carbons (Fsp3) is 0. The largest absolute Gasteiger partial charge is 0.455 e. The molecule has 258 valence electrons. The Morgan fingerprint density at radius 1 is 0.382 bits per heavy atom. The topological polar surface area (TPSA) is 21.3 Å². The van der Waals surface area contributed by atoms with Gasteiger partial charge in [-0.25, -0.2) is 0 Å². The summed E-state index contributed by atoms with van der Waals surface area (Å²) in [5.74, 6) is 0. The number of fused-ring (bicyclic) bond motifs is 7. The smallest absolute Gasteiger partial charge is 0.143 e. The van der Waals surface area contributed by atoms with Crippen LogP contribution in [0.2, 0.25) is 0 Å². The number of nitrogens with zero attached hydrogens (tertiary/aromatic N) is 2. The van der Waals surface area contributed by atoms with Crippen molar-refractivity contribution in [3.8, 4) is 27.9 Å². The van der Waals surface area contributed by atoms with Gasteiger partial charge in [0.05, 0.1) is 16.7 Å². The predicted molar refractivity (Wildman–Crippen MR) is 231 cm³/mol. The fourth-order valence-electron chi connectivity index (χ4n) is 8.45. The summed E-state index contributed by atoms with van der Waals surface area (Å²) >= 11 is 0. The lowest BCUT2D eigenvalue weighted by Crippen LogP contribution is -2.12. The lowest BCUT2D eigenvalue weighted by molar-refractivity contribution is 0.670. The molecule has 0 aliphatic carbocycles. The average Bonchev–Trinajstić information content (AvgIpc) is 3.80. The highest BCUT2D eigenvalue weighted by Crippen LogP contribution is 2.45. The molecule has 0 aliphatic heterocycles. The van der Waals surface area contributed by atoms with Crippen molar-refractivity contribution in [2.75, 3.05) is 4.90 Å². The average molecular weight is 703 g/mol. The summed E-state index contributed by atoms with van der Waals surface area (Å²) in [4.78, 5) is 2.40. The molecular formula is C52H34N2O. The maximum atomic E-state index is 6.62. The third kappa shape index (κ3) is 5.13. The predicted octanol–water partition coefficient (Wildman–Crippen LogP) is 14.6. The minimum absolute atomic E-state index is 0.889. The van der Waals surface area contributed by atoms with E-state index in [1.165, 1.54) is 38.1 Å². The normalized spacial score (nSPS) is 11.6. The number of hydrogen-bond donors (Lipinski definition) is 0. The molecule has 11 aromatic rings. The third-order valence-electron chi connectivity index (χ3n) is 11.0. The number of benzene rings is 9. The van der Waals surface area contributed by atoms with Gasteiger partial charge < -0.3 is 13.9 Å². The molecule has 0 N–H and O–H groups in total. The first kappa shape index (κ1) is 31.2. The third-order valence-corrected chi connectivity index (χ3v) is 11.0. The van der Waals surface area contributed by atoms with Crippen LogP contribution in [0.3, 0.4) is 0 Å². The first-order chi connectivity index (χ1) is 27.3. The summed E-state index contributed by atoms with van der Waals surface area (Å²) in [7, 11) is 0. The van der Waals surface area contributed by atoms with E-state index in [9.17, 15) is 0 Å². The Morgan fingerprint density at radius 3 is 1.82 bits per heavy atom. The molecular weight excluding hydrogens is 669 g/mol. The van der Waals surface area contributed by atoms with Crippen LogP contribution in [0, 0.1) is 0 Å². The van der Waals surface area contributed by atoms with E-state index in [1.807, 2.05) is 6.07 Å². The van der Waals surface area contributed by atoms with E-state index in [0.29, 0.717) is 0 Å². The van der Waals surface area contributed by atoms with Gasteiger partial charge in [0.1, 0.15) is 11.2 Å². The molecule has 0 unspecified atom stereocenters. The van der Waals surface area contributed by atoms with E-state index in [4.69, 9.17) is 4.42 Å². The summed E-state index contributed by atoms with van der Waals surface area (Å²) < 4.78 is 9.01. The summed E-state index contributed by atoms with van der Waals surface area (Å²) in [6.07, 6.45) is 0. The second-order valence-electron chi connectivity index (χ2n) is 14.1. The highest BCUT2D eigenvalue weighted by Gasteiger charge is 2.22. The second kappa shape index (κ2) is 12.6. The number of furan rings is 1. The zero-order valence-corrected chi connectivity index (χ0v) is 29.9. The SMILES string of the molecule is c1cc(-c2ccc3ccccc3c2)cc(N(c2cccc(-n3c4ccccc4c4ccccc43)c2)c2ccccc2-c2cccc3c2oc2ccccc23)c1. The van der Waals surface area contributed by atoms with Gasteiger partial charge >= 0.3 is 0 Å². The molecule has 0 bridgehead atoms. The van der Waals surface area contributed by atoms with Crippen molar-refractivity contribution in [3.05, 3.63) is 206 Å². The van der Waals surface area contributed by atoms with Crippen LogP contribution in [0.25, 0.3) is 82.5 Å². The van der Waals surface area contributed by atoms with Gasteiger partial charge in [0.2, 0.25) is 0 Å². The van der Waals surface area contributed by atoms with Crippen LogP contribution >= 0.6 is 0 Å². The molecule has 0 saturated carbocycles. The van der Waals surface area contributed by atoms with Gasteiger partial charge in [-0.3, -0.25) is 0 Å². The minimum Gasteiger partial charge on any atom is -0.455 e. The zero-order valence-electron chi connectivity index (χ0n) is 29.9. The Bertz CT molecular complexity index is 3190. The second-order valence-corrected chi connectivity index (χ2v) is 14.1. The van der Waals surface area contributed by atoms with Crippen molar-refractivity contribution in [2.24, 2.45) is 0 Å². The fourth-order valence-corrected chi connectivity index (χ4v) is 8.45. The van der Waals surface area contributed by atoms with Crippen LogP contribution in [0.1, 0.15) is 0 Å². The van der Waals surface area contributed by atoms with Crippen LogP contribution < -0.4 is 4.90 Å². The van der Waals surface area contributed by atoms with Gasteiger partial charge in [-0.15, -0.1) is 0 Å². The standard InChI is InChI=1S/C52H34N2O/c1-2-15-36-32-38(31-30-35(36)14-1)37-16-11-17-39(33-37)53(40-18-12-19-41(34-40)54-49-27-8-3-20-42(49)43-21-4-9-28-50(43)54)48-26-7-5-22-44(48)46-24-13-25-47-45-23-6-10-29-51(45)55-52(46)47/h1-34H. The maximum Gasteiger partial charge on any atom is 0.143 e. The number of rotatable bonds is 6. The molecule has 0 radical (unpaired) electrons. The van der Waals surface area contributed by atoms with Crippen LogP contribution in [-0.2, 0) is 0 Å². The molecule has 0 atom stereocenters. The Kier molecular flexibility index (Phi) is 7.17. The van der Waals surface area contributed by atoms with Crippen LogP contribution in [0.15, 0.2) is 211 Å². The maximum absolute atomic E-state index is 6.62.